The largest absolute Gasteiger partial charge is 0.381 e. The number of ether oxygens (including phenoxy) is 1. The zero-order valence-corrected chi connectivity index (χ0v) is 12.1. The summed E-state index contributed by atoms with van der Waals surface area (Å²) in [6.45, 7) is 9.42. The van der Waals surface area contributed by atoms with Crippen molar-refractivity contribution in [2.45, 2.75) is 52.0 Å². The van der Waals surface area contributed by atoms with Crippen molar-refractivity contribution < 1.29 is 9.53 Å². The Labute approximate surface area is 111 Å². The summed E-state index contributed by atoms with van der Waals surface area (Å²) in [6.07, 6.45) is 4.11. The molecule has 1 aliphatic carbocycles. The van der Waals surface area contributed by atoms with Gasteiger partial charge in [0.25, 0.3) is 0 Å². The molecule has 1 amide bonds. The Kier molecular flexibility index (Phi) is 6.65. The van der Waals surface area contributed by atoms with Crippen LogP contribution in [-0.2, 0) is 9.53 Å². The van der Waals surface area contributed by atoms with Gasteiger partial charge in [0.15, 0.2) is 0 Å². The third kappa shape index (κ3) is 9.42. The van der Waals surface area contributed by atoms with Gasteiger partial charge >= 0.3 is 0 Å². The molecule has 1 aliphatic rings. The van der Waals surface area contributed by atoms with Gasteiger partial charge in [-0.3, -0.25) is 4.79 Å². The van der Waals surface area contributed by atoms with Crippen molar-refractivity contribution in [3.05, 3.63) is 0 Å². The monoisotopic (exact) mass is 256 g/mol. The van der Waals surface area contributed by atoms with Crippen LogP contribution in [0, 0.1) is 5.92 Å². The Morgan fingerprint density at radius 1 is 1.28 bits per heavy atom. The first-order chi connectivity index (χ1) is 8.47. The van der Waals surface area contributed by atoms with E-state index in [9.17, 15) is 4.79 Å². The molecule has 0 saturated heterocycles. The van der Waals surface area contributed by atoms with Gasteiger partial charge in [0.1, 0.15) is 0 Å². The summed E-state index contributed by atoms with van der Waals surface area (Å²) in [6, 6.07) is 0. The third-order valence-corrected chi connectivity index (χ3v) is 2.85. The highest BCUT2D eigenvalue weighted by atomic mass is 16.5. The van der Waals surface area contributed by atoms with E-state index in [2.05, 4.69) is 31.4 Å². The van der Waals surface area contributed by atoms with E-state index in [1.807, 2.05) is 0 Å². The molecule has 0 heterocycles. The summed E-state index contributed by atoms with van der Waals surface area (Å²) in [5.74, 6) is 0.942. The number of carbonyl (C=O) groups excluding carboxylic acids is 1. The fraction of sp³-hybridized carbons (Fsp3) is 0.929. The van der Waals surface area contributed by atoms with E-state index in [4.69, 9.17) is 4.74 Å². The number of amides is 1. The molecule has 106 valence electrons. The Hall–Kier alpha value is -0.610. The fourth-order valence-electron chi connectivity index (χ4n) is 1.58. The molecule has 0 bridgehead atoms. The van der Waals surface area contributed by atoms with Crippen molar-refractivity contribution in [1.82, 2.24) is 10.6 Å². The standard InChI is InChI=1S/C14H28N2O2/c1-14(2,3)16-9-7-13(17)15-8-4-10-18-11-12-5-6-12/h12,16H,4-11H2,1-3H3,(H,15,17). The maximum absolute atomic E-state index is 11.5. The molecular weight excluding hydrogens is 228 g/mol. The van der Waals surface area contributed by atoms with Crippen LogP contribution in [0.5, 0.6) is 0 Å². The predicted octanol–water partition coefficient (Wildman–Crippen LogP) is 1.70. The van der Waals surface area contributed by atoms with E-state index in [0.29, 0.717) is 6.42 Å². The van der Waals surface area contributed by atoms with Gasteiger partial charge in [-0.2, -0.15) is 0 Å². The van der Waals surface area contributed by atoms with E-state index < -0.39 is 0 Å². The van der Waals surface area contributed by atoms with Gasteiger partial charge in [0.2, 0.25) is 5.91 Å². The average Bonchev–Trinajstić information content (AvgIpc) is 3.05. The SMILES string of the molecule is CC(C)(C)NCCC(=O)NCCCOCC1CC1. The molecule has 0 aromatic carbocycles. The van der Waals surface area contributed by atoms with Crippen LogP contribution in [0.3, 0.4) is 0 Å². The first-order valence-electron chi connectivity index (χ1n) is 7.07. The highest BCUT2D eigenvalue weighted by Crippen LogP contribution is 2.28. The Balaban J connectivity index is 1.83. The Bertz CT molecular complexity index is 245. The minimum atomic E-state index is 0.0803. The molecule has 0 unspecified atom stereocenters. The highest BCUT2D eigenvalue weighted by Gasteiger charge is 2.20. The van der Waals surface area contributed by atoms with Gasteiger partial charge in [0, 0.05) is 38.3 Å². The van der Waals surface area contributed by atoms with Crippen LogP contribution in [0.1, 0.15) is 46.5 Å². The molecule has 0 spiro atoms. The fourth-order valence-corrected chi connectivity index (χ4v) is 1.58. The van der Waals surface area contributed by atoms with Crippen LogP contribution in [0.15, 0.2) is 0 Å². The lowest BCUT2D eigenvalue weighted by atomic mass is 10.1. The molecular formula is C14H28N2O2. The van der Waals surface area contributed by atoms with E-state index in [1.165, 1.54) is 12.8 Å². The number of nitrogens with one attached hydrogen (secondary N) is 2. The lowest BCUT2D eigenvalue weighted by Gasteiger charge is -2.20. The summed E-state index contributed by atoms with van der Waals surface area (Å²) in [5.41, 5.74) is 0.0803. The maximum atomic E-state index is 11.5. The predicted molar refractivity (Wildman–Crippen MR) is 73.5 cm³/mol. The Morgan fingerprint density at radius 2 is 2.00 bits per heavy atom. The van der Waals surface area contributed by atoms with Gasteiger partial charge in [-0.25, -0.2) is 0 Å². The zero-order valence-electron chi connectivity index (χ0n) is 12.1. The smallest absolute Gasteiger partial charge is 0.221 e. The summed E-state index contributed by atoms with van der Waals surface area (Å²) in [7, 11) is 0. The van der Waals surface area contributed by atoms with E-state index >= 15 is 0 Å². The molecule has 0 aliphatic heterocycles. The normalized spacial score (nSPS) is 15.7. The molecule has 0 aromatic rings. The van der Waals surface area contributed by atoms with Crippen molar-refractivity contribution >= 4 is 5.91 Å². The summed E-state index contributed by atoms with van der Waals surface area (Å²) >= 11 is 0. The number of hydrogen-bond acceptors (Lipinski definition) is 3. The highest BCUT2D eigenvalue weighted by molar-refractivity contribution is 5.75. The third-order valence-electron chi connectivity index (χ3n) is 2.85. The van der Waals surface area contributed by atoms with E-state index in [-0.39, 0.29) is 11.4 Å². The molecule has 4 nitrogen and oxygen atoms in total. The van der Waals surface area contributed by atoms with Crippen molar-refractivity contribution in [3.63, 3.8) is 0 Å². The maximum Gasteiger partial charge on any atom is 0.221 e. The van der Waals surface area contributed by atoms with E-state index in [0.717, 1.165) is 38.6 Å². The van der Waals surface area contributed by atoms with Gasteiger partial charge in [-0.1, -0.05) is 0 Å². The quantitative estimate of drug-likeness (QED) is 0.617. The molecule has 1 rings (SSSR count). The minimum Gasteiger partial charge on any atom is -0.381 e. The zero-order chi connectivity index (χ0) is 13.4. The minimum absolute atomic E-state index is 0.0803. The lowest BCUT2D eigenvalue weighted by molar-refractivity contribution is -0.121. The van der Waals surface area contributed by atoms with Gasteiger partial charge < -0.3 is 15.4 Å². The summed E-state index contributed by atoms with van der Waals surface area (Å²) in [5, 5.41) is 6.21. The van der Waals surface area contributed by atoms with Crippen molar-refractivity contribution in [2.75, 3.05) is 26.3 Å². The van der Waals surface area contributed by atoms with Crippen LogP contribution in [0.2, 0.25) is 0 Å². The van der Waals surface area contributed by atoms with Crippen LogP contribution in [0.25, 0.3) is 0 Å². The molecule has 4 heteroatoms. The van der Waals surface area contributed by atoms with Crippen LogP contribution in [-0.4, -0.2) is 37.7 Å². The van der Waals surface area contributed by atoms with Gasteiger partial charge in [-0.15, -0.1) is 0 Å². The second-order valence-electron chi connectivity index (χ2n) is 6.15. The molecule has 1 saturated carbocycles. The van der Waals surface area contributed by atoms with Crippen LogP contribution in [0.4, 0.5) is 0 Å². The summed E-state index contributed by atoms with van der Waals surface area (Å²) in [4.78, 5) is 11.5. The van der Waals surface area contributed by atoms with Crippen LogP contribution >= 0.6 is 0 Å². The molecule has 2 N–H and O–H groups in total. The topological polar surface area (TPSA) is 50.4 Å². The second kappa shape index (κ2) is 7.74. The molecule has 1 fully saturated rings. The first kappa shape index (κ1) is 15.4. The number of hydrogen-bond donors (Lipinski definition) is 2. The molecule has 18 heavy (non-hydrogen) atoms. The van der Waals surface area contributed by atoms with Crippen molar-refractivity contribution in [1.29, 1.82) is 0 Å². The lowest BCUT2D eigenvalue weighted by Crippen LogP contribution is -2.38. The first-order valence-corrected chi connectivity index (χ1v) is 7.07. The number of rotatable bonds is 9. The number of carbonyl (C=O) groups is 1. The Morgan fingerprint density at radius 3 is 2.61 bits per heavy atom. The molecule has 0 atom stereocenters. The van der Waals surface area contributed by atoms with Crippen LogP contribution < -0.4 is 10.6 Å². The molecule has 0 aromatic heterocycles. The average molecular weight is 256 g/mol. The summed E-state index contributed by atoms with van der Waals surface area (Å²) < 4.78 is 5.50. The van der Waals surface area contributed by atoms with Gasteiger partial charge in [-0.05, 0) is 46.0 Å². The second-order valence-corrected chi connectivity index (χ2v) is 6.15. The van der Waals surface area contributed by atoms with Crippen molar-refractivity contribution in [3.8, 4) is 0 Å². The van der Waals surface area contributed by atoms with Crippen molar-refractivity contribution in [2.24, 2.45) is 5.92 Å². The van der Waals surface area contributed by atoms with E-state index in [1.54, 1.807) is 0 Å². The molecule has 0 radical (unpaired) electrons. The van der Waals surface area contributed by atoms with Gasteiger partial charge in [0.05, 0.1) is 0 Å².